The standard InChI is InChI=1S/C24H32N4O/c1-2-25-24(28-18-17-26-23(29)21-13-14-21)27-16-15-22(19-9-5-3-6-10-19)20-11-7-4-8-12-20/h3-12,21-22H,2,13-18H2,1H3,(H,26,29)(H2,25,27,28). The Labute approximate surface area is 174 Å². The van der Waals surface area contributed by atoms with Crippen molar-refractivity contribution in [2.45, 2.75) is 32.1 Å². The van der Waals surface area contributed by atoms with Crippen LogP contribution in [-0.4, -0.2) is 38.0 Å². The van der Waals surface area contributed by atoms with E-state index in [1.165, 1.54) is 11.1 Å². The van der Waals surface area contributed by atoms with Crippen molar-refractivity contribution in [2.75, 3.05) is 26.2 Å². The minimum absolute atomic E-state index is 0.183. The van der Waals surface area contributed by atoms with Gasteiger partial charge in [-0.15, -0.1) is 0 Å². The SMILES string of the molecule is CCNC(=NCCC(c1ccccc1)c1ccccc1)NCCNC(=O)C1CC1. The molecule has 0 saturated heterocycles. The van der Waals surface area contributed by atoms with Crippen LogP contribution in [0.15, 0.2) is 65.7 Å². The number of carbonyl (C=O) groups excluding carboxylic acids is 1. The van der Waals surface area contributed by atoms with Crippen LogP contribution in [0.25, 0.3) is 0 Å². The minimum Gasteiger partial charge on any atom is -0.357 e. The second kappa shape index (κ2) is 11.2. The van der Waals surface area contributed by atoms with Gasteiger partial charge in [0.15, 0.2) is 5.96 Å². The Hall–Kier alpha value is -2.82. The van der Waals surface area contributed by atoms with Crippen molar-refractivity contribution in [3.63, 3.8) is 0 Å². The molecule has 1 aliphatic carbocycles. The molecule has 3 N–H and O–H groups in total. The quantitative estimate of drug-likeness (QED) is 0.330. The molecule has 0 unspecified atom stereocenters. The van der Waals surface area contributed by atoms with Crippen LogP contribution in [0.3, 0.4) is 0 Å². The lowest BCUT2D eigenvalue weighted by molar-refractivity contribution is -0.122. The number of carbonyl (C=O) groups is 1. The molecule has 0 radical (unpaired) electrons. The third kappa shape index (κ3) is 6.93. The van der Waals surface area contributed by atoms with Crippen molar-refractivity contribution >= 4 is 11.9 Å². The summed E-state index contributed by atoms with van der Waals surface area (Å²) in [5.41, 5.74) is 2.63. The van der Waals surface area contributed by atoms with E-state index in [9.17, 15) is 4.79 Å². The smallest absolute Gasteiger partial charge is 0.223 e. The summed E-state index contributed by atoms with van der Waals surface area (Å²) in [6.45, 7) is 4.88. The molecule has 0 aliphatic heterocycles. The number of amides is 1. The Morgan fingerprint density at radius 3 is 2.07 bits per heavy atom. The molecule has 154 valence electrons. The molecule has 3 rings (SSSR count). The largest absolute Gasteiger partial charge is 0.357 e. The van der Waals surface area contributed by atoms with Gasteiger partial charge in [-0.25, -0.2) is 0 Å². The maximum absolute atomic E-state index is 11.7. The predicted molar refractivity (Wildman–Crippen MR) is 119 cm³/mol. The van der Waals surface area contributed by atoms with Gasteiger partial charge >= 0.3 is 0 Å². The van der Waals surface area contributed by atoms with Gasteiger partial charge in [-0.05, 0) is 37.3 Å². The molecule has 2 aromatic rings. The summed E-state index contributed by atoms with van der Waals surface area (Å²) in [7, 11) is 0. The zero-order chi connectivity index (χ0) is 20.3. The number of nitrogens with zero attached hydrogens (tertiary/aromatic N) is 1. The van der Waals surface area contributed by atoms with Gasteiger partial charge in [0, 0.05) is 38.0 Å². The first kappa shape index (κ1) is 20.9. The Morgan fingerprint density at radius 2 is 1.52 bits per heavy atom. The molecule has 1 aliphatic rings. The van der Waals surface area contributed by atoms with Gasteiger partial charge in [0.25, 0.3) is 0 Å². The van der Waals surface area contributed by atoms with Crippen LogP contribution in [-0.2, 0) is 4.79 Å². The fraction of sp³-hybridized carbons (Fsp3) is 0.417. The van der Waals surface area contributed by atoms with E-state index in [1.807, 2.05) is 0 Å². The number of hydrogen-bond donors (Lipinski definition) is 3. The van der Waals surface area contributed by atoms with Crippen LogP contribution >= 0.6 is 0 Å². The fourth-order valence-electron chi connectivity index (χ4n) is 3.40. The molecular weight excluding hydrogens is 360 g/mol. The van der Waals surface area contributed by atoms with Crippen LogP contribution in [0.5, 0.6) is 0 Å². The minimum atomic E-state index is 0.183. The number of benzene rings is 2. The molecule has 1 fully saturated rings. The molecule has 2 aromatic carbocycles. The highest BCUT2D eigenvalue weighted by atomic mass is 16.2. The van der Waals surface area contributed by atoms with Crippen LogP contribution in [0.4, 0.5) is 0 Å². The highest BCUT2D eigenvalue weighted by molar-refractivity contribution is 5.81. The second-order valence-electron chi connectivity index (χ2n) is 7.42. The molecule has 0 bridgehead atoms. The summed E-state index contributed by atoms with van der Waals surface area (Å²) in [5, 5.41) is 9.57. The van der Waals surface area contributed by atoms with E-state index < -0.39 is 0 Å². The van der Waals surface area contributed by atoms with E-state index in [0.717, 1.165) is 38.3 Å². The summed E-state index contributed by atoms with van der Waals surface area (Å²) < 4.78 is 0. The zero-order valence-corrected chi connectivity index (χ0v) is 17.2. The van der Waals surface area contributed by atoms with Crippen molar-refractivity contribution in [2.24, 2.45) is 10.9 Å². The van der Waals surface area contributed by atoms with E-state index in [0.29, 0.717) is 19.0 Å². The first-order valence-corrected chi connectivity index (χ1v) is 10.7. The van der Waals surface area contributed by atoms with Gasteiger partial charge in [-0.3, -0.25) is 9.79 Å². The van der Waals surface area contributed by atoms with Crippen molar-refractivity contribution in [3.8, 4) is 0 Å². The summed E-state index contributed by atoms with van der Waals surface area (Å²) >= 11 is 0. The van der Waals surface area contributed by atoms with E-state index in [4.69, 9.17) is 4.99 Å². The average molecular weight is 393 g/mol. The lowest BCUT2D eigenvalue weighted by Crippen LogP contribution is -2.41. The third-order valence-corrected chi connectivity index (χ3v) is 5.10. The highest BCUT2D eigenvalue weighted by Gasteiger charge is 2.28. The molecule has 0 aromatic heterocycles. The van der Waals surface area contributed by atoms with Gasteiger partial charge in [-0.2, -0.15) is 0 Å². The molecule has 0 spiro atoms. The molecule has 0 atom stereocenters. The number of guanidine groups is 1. The number of rotatable bonds is 10. The van der Waals surface area contributed by atoms with Crippen molar-refractivity contribution in [3.05, 3.63) is 71.8 Å². The number of aliphatic imine (C=N–C) groups is 1. The van der Waals surface area contributed by atoms with Gasteiger partial charge in [0.05, 0.1) is 0 Å². The van der Waals surface area contributed by atoms with Crippen LogP contribution in [0.2, 0.25) is 0 Å². The van der Waals surface area contributed by atoms with E-state index in [2.05, 4.69) is 83.5 Å². The predicted octanol–water partition coefficient (Wildman–Crippen LogP) is 3.29. The Morgan fingerprint density at radius 1 is 0.931 bits per heavy atom. The Kier molecular flexibility index (Phi) is 8.11. The maximum Gasteiger partial charge on any atom is 0.223 e. The molecule has 0 heterocycles. The highest BCUT2D eigenvalue weighted by Crippen LogP contribution is 2.28. The van der Waals surface area contributed by atoms with Gasteiger partial charge < -0.3 is 16.0 Å². The van der Waals surface area contributed by atoms with E-state index in [1.54, 1.807) is 0 Å². The van der Waals surface area contributed by atoms with Crippen molar-refractivity contribution in [1.82, 2.24) is 16.0 Å². The summed E-state index contributed by atoms with van der Waals surface area (Å²) in [4.78, 5) is 16.5. The van der Waals surface area contributed by atoms with Crippen LogP contribution < -0.4 is 16.0 Å². The molecule has 5 heteroatoms. The average Bonchev–Trinajstić information content (AvgIpc) is 3.61. The number of hydrogen-bond acceptors (Lipinski definition) is 2. The van der Waals surface area contributed by atoms with Crippen LogP contribution in [0.1, 0.15) is 43.2 Å². The maximum atomic E-state index is 11.7. The lowest BCUT2D eigenvalue weighted by Gasteiger charge is -2.18. The fourth-order valence-corrected chi connectivity index (χ4v) is 3.40. The van der Waals surface area contributed by atoms with E-state index in [-0.39, 0.29) is 11.8 Å². The molecule has 5 nitrogen and oxygen atoms in total. The van der Waals surface area contributed by atoms with E-state index >= 15 is 0 Å². The summed E-state index contributed by atoms with van der Waals surface area (Å²) in [5.74, 6) is 1.56. The number of nitrogens with one attached hydrogen (secondary N) is 3. The van der Waals surface area contributed by atoms with Gasteiger partial charge in [-0.1, -0.05) is 60.7 Å². The zero-order valence-electron chi connectivity index (χ0n) is 17.2. The van der Waals surface area contributed by atoms with Crippen molar-refractivity contribution < 1.29 is 4.79 Å². The summed E-state index contributed by atoms with van der Waals surface area (Å²) in [6.07, 6.45) is 3.00. The lowest BCUT2D eigenvalue weighted by atomic mass is 9.89. The first-order valence-electron chi connectivity index (χ1n) is 10.7. The molecule has 29 heavy (non-hydrogen) atoms. The first-order chi connectivity index (χ1) is 14.3. The second-order valence-corrected chi connectivity index (χ2v) is 7.42. The molecular formula is C24H32N4O. The van der Waals surface area contributed by atoms with Crippen molar-refractivity contribution in [1.29, 1.82) is 0 Å². The Balaban J connectivity index is 1.54. The van der Waals surface area contributed by atoms with Gasteiger partial charge in [0.1, 0.15) is 0 Å². The molecule has 1 saturated carbocycles. The summed E-state index contributed by atoms with van der Waals surface area (Å²) in [6, 6.07) is 21.2. The van der Waals surface area contributed by atoms with Crippen LogP contribution in [0, 0.1) is 5.92 Å². The topological polar surface area (TPSA) is 65.5 Å². The monoisotopic (exact) mass is 392 g/mol. The normalized spacial score (nSPS) is 13.9. The Bertz CT molecular complexity index is 732. The van der Waals surface area contributed by atoms with Gasteiger partial charge in [0.2, 0.25) is 5.91 Å². The molecule has 1 amide bonds. The third-order valence-electron chi connectivity index (χ3n) is 5.10.